The summed E-state index contributed by atoms with van der Waals surface area (Å²) in [5.41, 5.74) is 1.86. The summed E-state index contributed by atoms with van der Waals surface area (Å²) in [5.74, 6) is 0.378. The van der Waals surface area contributed by atoms with Gasteiger partial charge in [-0.1, -0.05) is 23.8 Å². The molecule has 0 bridgehead atoms. The summed E-state index contributed by atoms with van der Waals surface area (Å²) < 4.78 is 26.9. The van der Waals surface area contributed by atoms with Crippen molar-refractivity contribution in [2.45, 2.75) is 18.7 Å². The lowest BCUT2D eigenvalue weighted by molar-refractivity contribution is -0.117. The van der Waals surface area contributed by atoms with E-state index in [1.54, 1.807) is 30.3 Å². The highest BCUT2D eigenvalue weighted by Crippen LogP contribution is 2.18. The maximum atomic E-state index is 12.7. The summed E-state index contributed by atoms with van der Waals surface area (Å²) in [7, 11) is -3.49. The van der Waals surface area contributed by atoms with E-state index in [1.165, 1.54) is 4.31 Å². The fourth-order valence-electron chi connectivity index (χ4n) is 2.99. The van der Waals surface area contributed by atoms with Crippen LogP contribution in [0.4, 0.5) is 5.82 Å². The van der Waals surface area contributed by atoms with Crippen molar-refractivity contribution >= 4 is 21.7 Å². The predicted octanol–water partition coefficient (Wildman–Crippen LogP) is 1.64. The second kappa shape index (κ2) is 8.16. The Kier molecular flexibility index (Phi) is 5.88. The largest absolute Gasteiger partial charge is 0.310 e. The molecule has 8 heteroatoms. The summed E-state index contributed by atoms with van der Waals surface area (Å²) >= 11 is 0. The van der Waals surface area contributed by atoms with Gasteiger partial charge in [0.1, 0.15) is 5.82 Å². The van der Waals surface area contributed by atoms with Gasteiger partial charge in [0.25, 0.3) is 0 Å². The Bertz CT molecular complexity index is 905. The van der Waals surface area contributed by atoms with Gasteiger partial charge in [-0.25, -0.2) is 13.4 Å². The molecule has 2 heterocycles. The SMILES string of the molecule is Cc1ccc(S(=O)(=O)N2CCN(CC(=O)Nc3cccc(C)n3)CC2)cc1. The van der Waals surface area contributed by atoms with Gasteiger partial charge < -0.3 is 5.32 Å². The van der Waals surface area contributed by atoms with Crippen molar-refractivity contribution in [3.63, 3.8) is 0 Å². The molecular weight excluding hydrogens is 364 g/mol. The van der Waals surface area contributed by atoms with Crippen LogP contribution in [-0.2, 0) is 14.8 Å². The average Bonchev–Trinajstić information content (AvgIpc) is 2.62. The standard InChI is InChI=1S/C19H24N4O3S/c1-15-6-8-17(9-7-15)27(25,26)23-12-10-22(11-13-23)14-19(24)21-18-5-3-4-16(2)20-18/h3-9H,10-14H2,1-2H3,(H,20,21,24). The number of hydrogen-bond acceptors (Lipinski definition) is 5. The van der Waals surface area contributed by atoms with Crippen molar-refractivity contribution in [3.8, 4) is 0 Å². The molecular formula is C19H24N4O3S. The number of sulfonamides is 1. The molecule has 0 atom stereocenters. The van der Waals surface area contributed by atoms with Crippen LogP contribution in [0.25, 0.3) is 0 Å². The van der Waals surface area contributed by atoms with Crippen LogP contribution < -0.4 is 5.32 Å². The van der Waals surface area contributed by atoms with Gasteiger partial charge in [0.05, 0.1) is 11.4 Å². The van der Waals surface area contributed by atoms with Gasteiger partial charge in [0.15, 0.2) is 0 Å². The number of piperazine rings is 1. The molecule has 2 aromatic rings. The van der Waals surface area contributed by atoms with Gasteiger partial charge in [0.2, 0.25) is 15.9 Å². The zero-order chi connectivity index (χ0) is 19.4. The highest BCUT2D eigenvalue weighted by molar-refractivity contribution is 7.89. The number of carbonyl (C=O) groups excluding carboxylic acids is 1. The maximum Gasteiger partial charge on any atom is 0.243 e. The van der Waals surface area contributed by atoms with E-state index in [0.29, 0.717) is 36.9 Å². The summed E-state index contributed by atoms with van der Waals surface area (Å²) in [4.78, 5) is 18.7. The number of pyridine rings is 1. The van der Waals surface area contributed by atoms with Crippen LogP contribution in [0.3, 0.4) is 0 Å². The Morgan fingerprint density at radius 3 is 2.33 bits per heavy atom. The van der Waals surface area contributed by atoms with Crippen molar-refractivity contribution in [1.82, 2.24) is 14.2 Å². The van der Waals surface area contributed by atoms with Crippen LogP contribution in [0, 0.1) is 13.8 Å². The van der Waals surface area contributed by atoms with Crippen LogP contribution in [0.2, 0.25) is 0 Å². The monoisotopic (exact) mass is 388 g/mol. The molecule has 0 unspecified atom stereocenters. The summed E-state index contributed by atoms with van der Waals surface area (Å²) in [6, 6.07) is 12.3. The summed E-state index contributed by atoms with van der Waals surface area (Å²) in [5, 5.41) is 2.78. The molecule has 1 aromatic carbocycles. The first-order chi connectivity index (χ1) is 12.8. The lowest BCUT2D eigenvalue weighted by Crippen LogP contribution is -2.50. The number of hydrogen-bond donors (Lipinski definition) is 1. The third-order valence-electron chi connectivity index (χ3n) is 4.51. The van der Waals surface area contributed by atoms with E-state index in [9.17, 15) is 13.2 Å². The highest BCUT2D eigenvalue weighted by atomic mass is 32.2. The molecule has 3 rings (SSSR count). The quantitative estimate of drug-likeness (QED) is 0.842. The minimum absolute atomic E-state index is 0.150. The molecule has 0 aliphatic carbocycles. The Morgan fingerprint density at radius 2 is 1.70 bits per heavy atom. The van der Waals surface area contributed by atoms with Crippen LogP contribution in [0.1, 0.15) is 11.3 Å². The Balaban J connectivity index is 1.54. The lowest BCUT2D eigenvalue weighted by atomic mass is 10.2. The molecule has 0 spiro atoms. The van der Waals surface area contributed by atoms with Gasteiger partial charge >= 0.3 is 0 Å². The van der Waals surface area contributed by atoms with Crippen molar-refractivity contribution in [3.05, 3.63) is 53.7 Å². The zero-order valence-corrected chi connectivity index (χ0v) is 16.4. The molecule has 1 aliphatic heterocycles. The zero-order valence-electron chi connectivity index (χ0n) is 15.6. The number of benzene rings is 1. The fraction of sp³-hybridized carbons (Fsp3) is 0.368. The van der Waals surface area contributed by atoms with Gasteiger partial charge in [-0.15, -0.1) is 0 Å². The number of nitrogens with zero attached hydrogens (tertiary/aromatic N) is 3. The normalized spacial score (nSPS) is 16.2. The van der Waals surface area contributed by atoms with Crippen molar-refractivity contribution < 1.29 is 13.2 Å². The minimum Gasteiger partial charge on any atom is -0.310 e. The van der Waals surface area contributed by atoms with Crippen LogP contribution in [0.5, 0.6) is 0 Å². The molecule has 144 valence electrons. The Hall–Kier alpha value is -2.29. The maximum absolute atomic E-state index is 12.7. The van der Waals surface area contributed by atoms with Crippen LogP contribution >= 0.6 is 0 Å². The third kappa shape index (κ3) is 4.91. The van der Waals surface area contributed by atoms with Gasteiger partial charge in [0, 0.05) is 31.9 Å². The third-order valence-corrected chi connectivity index (χ3v) is 6.43. The van der Waals surface area contributed by atoms with Crippen molar-refractivity contribution in [2.24, 2.45) is 0 Å². The van der Waals surface area contributed by atoms with E-state index in [2.05, 4.69) is 10.3 Å². The molecule has 1 N–H and O–H groups in total. The highest BCUT2D eigenvalue weighted by Gasteiger charge is 2.29. The number of amides is 1. The van der Waals surface area contributed by atoms with Gasteiger partial charge in [-0.05, 0) is 38.1 Å². The van der Waals surface area contributed by atoms with Crippen molar-refractivity contribution in [1.29, 1.82) is 0 Å². The van der Waals surface area contributed by atoms with Crippen LogP contribution in [0.15, 0.2) is 47.4 Å². The van der Waals surface area contributed by atoms with E-state index in [4.69, 9.17) is 0 Å². The Morgan fingerprint density at radius 1 is 1.04 bits per heavy atom. The molecule has 7 nitrogen and oxygen atoms in total. The molecule has 1 aliphatic rings. The number of aromatic nitrogens is 1. The molecule has 1 saturated heterocycles. The summed E-state index contributed by atoms with van der Waals surface area (Å²) in [6.45, 7) is 5.77. The van der Waals surface area contributed by atoms with Crippen LogP contribution in [-0.4, -0.2) is 61.2 Å². The smallest absolute Gasteiger partial charge is 0.243 e. The lowest BCUT2D eigenvalue weighted by Gasteiger charge is -2.33. The topological polar surface area (TPSA) is 82.6 Å². The molecule has 0 radical (unpaired) electrons. The average molecular weight is 388 g/mol. The number of anilines is 1. The second-order valence-corrected chi connectivity index (χ2v) is 8.64. The second-order valence-electron chi connectivity index (χ2n) is 6.71. The Labute approximate surface area is 160 Å². The van der Waals surface area contributed by atoms with E-state index in [-0.39, 0.29) is 12.5 Å². The first-order valence-electron chi connectivity index (χ1n) is 8.87. The molecule has 1 fully saturated rings. The number of nitrogens with one attached hydrogen (secondary N) is 1. The molecule has 1 aromatic heterocycles. The van der Waals surface area contributed by atoms with E-state index in [1.807, 2.05) is 30.9 Å². The van der Waals surface area contributed by atoms with E-state index >= 15 is 0 Å². The number of carbonyl (C=O) groups is 1. The predicted molar refractivity (Wildman–Crippen MR) is 104 cm³/mol. The summed E-state index contributed by atoms with van der Waals surface area (Å²) in [6.07, 6.45) is 0. The molecule has 0 saturated carbocycles. The van der Waals surface area contributed by atoms with E-state index in [0.717, 1.165) is 11.3 Å². The molecule has 1 amide bonds. The number of aryl methyl sites for hydroxylation is 2. The first-order valence-corrected chi connectivity index (χ1v) is 10.3. The minimum atomic E-state index is -3.49. The fourth-order valence-corrected chi connectivity index (χ4v) is 4.41. The number of rotatable bonds is 5. The molecule has 27 heavy (non-hydrogen) atoms. The van der Waals surface area contributed by atoms with Gasteiger partial charge in [-0.2, -0.15) is 4.31 Å². The van der Waals surface area contributed by atoms with E-state index < -0.39 is 10.0 Å². The van der Waals surface area contributed by atoms with Crippen molar-refractivity contribution in [2.75, 3.05) is 38.0 Å². The first kappa shape index (κ1) is 19.5. The van der Waals surface area contributed by atoms with Gasteiger partial charge in [-0.3, -0.25) is 9.69 Å².